The molecule has 22 heavy (non-hydrogen) atoms. The van der Waals surface area contributed by atoms with Crippen LogP contribution in [0.15, 0.2) is 30.3 Å². The summed E-state index contributed by atoms with van der Waals surface area (Å²) in [5.41, 5.74) is 1.18. The Bertz CT molecular complexity index is 587. The third-order valence-corrected chi connectivity index (χ3v) is 5.79. The van der Waals surface area contributed by atoms with Crippen molar-refractivity contribution < 1.29 is 13.2 Å². The zero-order valence-electron chi connectivity index (χ0n) is 13.0. The summed E-state index contributed by atoms with van der Waals surface area (Å²) in [5, 5.41) is 2.85. The van der Waals surface area contributed by atoms with Crippen molar-refractivity contribution in [1.82, 2.24) is 5.32 Å². The van der Waals surface area contributed by atoms with Crippen LogP contribution in [0.5, 0.6) is 0 Å². The second kappa shape index (κ2) is 7.63. The standard InChI is InChI=1S/C16H24N2O3S/c1-18(15-7-3-2-4-8-15)11-6-5-10-17-16(19)14-9-12-22(20,21)13-14/h2-4,7-8,14H,5-6,9-13H2,1H3,(H,17,19). The Morgan fingerprint density at radius 3 is 2.64 bits per heavy atom. The molecule has 2 rings (SSSR count). The van der Waals surface area contributed by atoms with E-state index >= 15 is 0 Å². The van der Waals surface area contributed by atoms with Crippen molar-refractivity contribution in [3.05, 3.63) is 30.3 Å². The number of carbonyl (C=O) groups excluding carboxylic acids is 1. The lowest BCUT2D eigenvalue weighted by atomic mass is 10.1. The van der Waals surface area contributed by atoms with Gasteiger partial charge in [-0.15, -0.1) is 0 Å². The average molecular weight is 324 g/mol. The molecule has 0 saturated carbocycles. The summed E-state index contributed by atoms with van der Waals surface area (Å²) in [4.78, 5) is 14.1. The highest BCUT2D eigenvalue weighted by molar-refractivity contribution is 7.91. The minimum absolute atomic E-state index is 0.00950. The Labute approximate surface area is 132 Å². The van der Waals surface area contributed by atoms with Crippen LogP contribution in [0.3, 0.4) is 0 Å². The van der Waals surface area contributed by atoms with Crippen LogP contribution in [0.2, 0.25) is 0 Å². The average Bonchev–Trinajstić information content (AvgIpc) is 2.87. The van der Waals surface area contributed by atoms with Crippen LogP contribution in [0.4, 0.5) is 5.69 Å². The summed E-state index contributed by atoms with van der Waals surface area (Å²) in [6, 6.07) is 10.2. The van der Waals surface area contributed by atoms with Crippen molar-refractivity contribution in [3.8, 4) is 0 Å². The molecule has 5 nitrogen and oxygen atoms in total. The van der Waals surface area contributed by atoms with Gasteiger partial charge in [-0.3, -0.25) is 4.79 Å². The molecule has 1 N–H and O–H groups in total. The van der Waals surface area contributed by atoms with E-state index in [9.17, 15) is 13.2 Å². The molecule has 0 radical (unpaired) electrons. The van der Waals surface area contributed by atoms with Crippen LogP contribution in [0, 0.1) is 5.92 Å². The monoisotopic (exact) mass is 324 g/mol. The molecule has 1 aliphatic rings. The van der Waals surface area contributed by atoms with Gasteiger partial charge < -0.3 is 10.2 Å². The van der Waals surface area contributed by atoms with E-state index in [1.165, 1.54) is 5.69 Å². The molecule has 122 valence electrons. The van der Waals surface area contributed by atoms with Gasteiger partial charge in [0.25, 0.3) is 0 Å². The van der Waals surface area contributed by atoms with E-state index in [-0.39, 0.29) is 23.3 Å². The molecule has 6 heteroatoms. The number of anilines is 1. The van der Waals surface area contributed by atoms with Gasteiger partial charge in [-0.2, -0.15) is 0 Å². The number of para-hydroxylation sites is 1. The number of sulfone groups is 1. The Morgan fingerprint density at radius 2 is 2.00 bits per heavy atom. The molecular formula is C16H24N2O3S. The predicted octanol–water partition coefficient (Wildman–Crippen LogP) is 1.45. The van der Waals surface area contributed by atoms with Crippen LogP contribution in [0.25, 0.3) is 0 Å². The van der Waals surface area contributed by atoms with Crippen LogP contribution >= 0.6 is 0 Å². The topological polar surface area (TPSA) is 66.5 Å². The number of hydrogen-bond acceptors (Lipinski definition) is 4. The van der Waals surface area contributed by atoms with Gasteiger partial charge in [-0.25, -0.2) is 8.42 Å². The third-order valence-electron chi connectivity index (χ3n) is 4.02. The lowest BCUT2D eigenvalue weighted by Crippen LogP contribution is -2.32. The second-order valence-electron chi connectivity index (χ2n) is 5.86. The first kappa shape index (κ1) is 16.8. The van der Waals surface area contributed by atoms with E-state index in [4.69, 9.17) is 0 Å². The van der Waals surface area contributed by atoms with Crippen LogP contribution in [0.1, 0.15) is 19.3 Å². The molecule has 1 aromatic rings. The smallest absolute Gasteiger partial charge is 0.224 e. The van der Waals surface area contributed by atoms with E-state index < -0.39 is 9.84 Å². The van der Waals surface area contributed by atoms with Crippen molar-refractivity contribution in [1.29, 1.82) is 0 Å². The molecule has 1 saturated heterocycles. The zero-order valence-corrected chi connectivity index (χ0v) is 13.8. The van der Waals surface area contributed by atoms with Gasteiger partial charge >= 0.3 is 0 Å². The summed E-state index contributed by atoms with van der Waals surface area (Å²) >= 11 is 0. The number of benzene rings is 1. The number of rotatable bonds is 7. The number of nitrogens with one attached hydrogen (secondary N) is 1. The number of nitrogens with zero attached hydrogens (tertiary/aromatic N) is 1. The first-order valence-corrected chi connectivity index (χ1v) is 9.54. The van der Waals surface area contributed by atoms with E-state index in [0.717, 1.165) is 19.4 Å². The zero-order chi connectivity index (χ0) is 16.0. The fourth-order valence-electron chi connectivity index (χ4n) is 2.64. The number of amides is 1. The Kier molecular flexibility index (Phi) is 5.83. The first-order chi connectivity index (χ1) is 10.5. The van der Waals surface area contributed by atoms with Gasteiger partial charge in [0, 0.05) is 25.8 Å². The molecular weight excluding hydrogens is 300 g/mol. The van der Waals surface area contributed by atoms with Crippen molar-refractivity contribution in [2.24, 2.45) is 5.92 Å². The second-order valence-corrected chi connectivity index (χ2v) is 8.08. The molecule has 0 aromatic heterocycles. The molecule has 1 atom stereocenters. The van der Waals surface area contributed by atoms with Gasteiger partial charge in [0.1, 0.15) is 0 Å². The number of hydrogen-bond donors (Lipinski definition) is 1. The summed E-state index contributed by atoms with van der Waals surface area (Å²) in [6.07, 6.45) is 2.34. The van der Waals surface area contributed by atoms with Gasteiger partial charge in [-0.1, -0.05) is 18.2 Å². The Hall–Kier alpha value is -1.56. The fourth-order valence-corrected chi connectivity index (χ4v) is 4.38. The molecule has 0 aliphatic carbocycles. The molecule has 1 heterocycles. The highest BCUT2D eigenvalue weighted by atomic mass is 32.2. The number of carbonyl (C=O) groups is 1. The highest BCUT2D eigenvalue weighted by Gasteiger charge is 2.32. The summed E-state index contributed by atoms with van der Waals surface area (Å²) in [5.74, 6) is -0.308. The van der Waals surface area contributed by atoms with Gasteiger partial charge in [-0.05, 0) is 31.4 Å². The maximum Gasteiger partial charge on any atom is 0.224 e. The molecule has 1 aliphatic heterocycles. The molecule has 1 amide bonds. The SMILES string of the molecule is CN(CCCCNC(=O)C1CCS(=O)(=O)C1)c1ccccc1. The molecule has 1 fully saturated rings. The molecule has 0 bridgehead atoms. The van der Waals surface area contributed by atoms with Crippen molar-refractivity contribution in [3.63, 3.8) is 0 Å². The van der Waals surface area contributed by atoms with Crippen molar-refractivity contribution >= 4 is 21.4 Å². The van der Waals surface area contributed by atoms with E-state index in [1.807, 2.05) is 18.2 Å². The summed E-state index contributed by atoms with van der Waals surface area (Å²) in [6.45, 7) is 1.54. The maximum atomic E-state index is 11.9. The van der Waals surface area contributed by atoms with Gasteiger partial charge in [0.15, 0.2) is 9.84 Å². The lowest BCUT2D eigenvalue weighted by molar-refractivity contribution is -0.124. The minimum atomic E-state index is -2.99. The summed E-state index contributed by atoms with van der Waals surface area (Å²) in [7, 11) is -0.932. The van der Waals surface area contributed by atoms with E-state index in [1.54, 1.807) is 0 Å². The lowest BCUT2D eigenvalue weighted by Gasteiger charge is -2.19. The third kappa shape index (κ3) is 5.02. The van der Waals surface area contributed by atoms with Gasteiger partial charge in [0.05, 0.1) is 17.4 Å². The maximum absolute atomic E-state index is 11.9. The fraction of sp³-hybridized carbons (Fsp3) is 0.562. The Balaban J connectivity index is 1.60. The highest BCUT2D eigenvalue weighted by Crippen LogP contribution is 2.18. The van der Waals surface area contributed by atoms with E-state index in [2.05, 4.69) is 29.4 Å². The van der Waals surface area contributed by atoms with Crippen molar-refractivity contribution in [2.75, 3.05) is 36.5 Å². The predicted molar refractivity (Wildman–Crippen MR) is 88.7 cm³/mol. The Morgan fingerprint density at radius 1 is 1.27 bits per heavy atom. The minimum Gasteiger partial charge on any atom is -0.375 e. The van der Waals surface area contributed by atoms with Gasteiger partial charge in [0.2, 0.25) is 5.91 Å². The van der Waals surface area contributed by atoms with Crippen LogP contribution in [-0.2, 0) is 14.6 Å². The molecule has 1 aromatic carbocycles. The van der Waals surface area contributed by atoms with Crippen LogP contribution in [-0.4, -0.2) is 46.0 Å². The van der Waals surface area contributed by atoms with Crippen LogP contribution < -0.4 is 10.2 Å². The van der Waals surface area contributed by atoms with E-state index in [0.29, 0.717) is 13.0 Å². The number of unbranched alkanes of at least 4 members (excludes halogenated alkanes) is 1. The van der Waals surface area contributed by atoms with Crippen molar-refractivity contribution in [2.45, 2.75) is 19.3 Å². The molecule has 1 unspecified atom stereocenters. The largest absolute Gasteiger partial charge is 0.375 e. The first-order valence-electron chi connectivity index (χ1n) is 7.72. The summed E-state index contributed by atoms with van der Waals surface area (Å²) < 4.78 is 22.7. The molecule has 0 spiro atoms. The quantitative estimate of drug-likeness (QED) is 0.771. The normalized spacial score (nSPS) is 19.8.